The fraction of sp³-hybridized carbons (Fsp3) is 0.103. The van der Waals surface area contributed by atoms with E-state index in [9.17, 15) is 0 Å². The highest BCUT2D eigenvalue weighted by atomic mass is 14.8. The Balaban J connectivity index is 1.31. The van der Waals surface area contributed by atoms with Crippen molar-refractivity contribution in [3.8, 4) is 45.0 Å². The van der Waals surface area contributed by atoms with Gasteiger partial charge in [-0.25, -0.2) is 9.97 Å². The first kappa shape index (κ1) is 35.2. The van der Waals surface area contributed by atoms with Crippen molar-refractivity contribution < 1.29 is 0 Å². The highest BCUT2D eigenvalue weighted by Crippen LogP contribution is 2.48. The third kappa shape index (κ3) is 5.13. The van der Waals surface area contributed by atoms with Gasteiger partial charge in [-0.15, -0.1) is 0 Å². The second-order valence-electron chi connectivity index (χ2n) is 17.9. The Labute approximate surface area is 358 Å². The maximum Gasteiger partial charge on any atom is 0.0772 e. The second-order valence-corrected chi connectivity index (χ2v) is 17.9. The van der Waals surface area contributed by atoms with E-state index in [0.717, 1.165) is 56.0 Å². The molecule has 4 heteroatoms. The average Bonchev–Trinajstić information content (AvgIpc) is 4.01. The predicted octanol–water partition coefficient (Wildman–Crippen LogP) is 16.1. The normalized spacial score (nSPS) is 12.5. The summed E-state index contributed by atoms with van der Waals surface area (Å²) in [5.74, 6) is 0.286. The molecule has 2 aliphatic rings. The van der Waals surface area contributed by atoms with E-state index in [0.29, 0.717) is 0 Å². The van der Waals surface area contributed by atoms with Gasteiger partial charge in [0.25, 0.3) is 0 Å². The van der Waals surface area contributed by atoms with E-state index in [1.807, 2.05) is 0 Å². The summed E-state index contributed by atoms with van der Waals surface area (Å²) >= 11 is 0. The van der Waals surface area contributed by atoms with Crippen LogP contribution in [0.5, 0.6) is 0 Å². The number of hydrogen-bond donors (Lipinski definition) is 2. The maximum absolute atomic E-state index is 5.89. The SMILES string of the molecule is CC(C)c1c2nc(c(C(C)C)c3[nH]c(cc4nc(cc5[nH]c1c1cc6ccccc6cc51)-c1cc5ccccc5cc1-4)c1cc4ccccc4cc31)-c1cc3ccccc3cc1-2. The van der Waals surface area contributed by atoms with Crippen molar-refractivity contribution in [3.63, 3.8) is 0 Å². The van der Waals surface area contributed by atoms with Gasteiger partial charge in [0, 0.05) is 66.0 Å². The number of rotatable bonds is 2. The molecule has 294 valence electrons. The van der Waals surface area contributed by atoms with Crippen molar-refractivity contribution in [2.75, 3.05) is 0 Å². The van der Waals surface area contributed by atoms with Gasteiger partial charge in [-0.2, -0.15) is 0 Å². The number of H-pyrrole nitrogens is 2. The molecule has 8 aromatic carbocycles. The quantitative estimate of drug-likeness (QED) is 0.183. The van der Waals surface area contributed by atoms with Crippen LogP contribution in [-0.2, 0) is 0 Å². The number of nitrogens with zero attached hydrogens (tertiary/aromatic N) is 2. The summed E-state index contributed by atoms with van der Waals surface area (Å²) in [6.45, 7) is 9.26. The first-order valence-electron chi connectivity index (χ1n) is 21.9. The third-order valence-corrected chi connectivity index (χ3v) is 13.5. The number of nitrogens with one attached hydrogen (secondary N) is 2. The summed E-state index contributed by atoms with van der Waals surface area (Å²) < 4.78 is 0. The zero-order valence-corrected chi connectivity index (χ0v) is 35.1. The van der Waals surface area contributed by atoms with Gasteiger partial charge in [-0.05, 0) is 116 Å². The lowest BCUT2D eigenvalue weighted by Gasteiger charge is -2.12. The van der Waals surface area contributed by atoms with Crippen LogP contribution in [0, 0.1) is 0 Å². The molecule has 13 rings (SSSR count). The van der Waals surface area contributed by atoms with E-state index in [-0.39, 0.29) is 11.8 Å². The second kappa shape index (κ2) is 13.0. The first-order valence-corrected chi connectivity index (χ1v) is 21.9. The van der Waals surface area contributed by atoms with Crippen LogP contribution in [0.25, 0.3) is 132 Å². The number of fused-ring (bicyclic) bond motifs is 24. The molecule has 2 aliphatic heterocycles. The predicted molar refractivity (Wildman–Crippen MR) is 263 cm³/mol. The molecule has 0 fully saturated rings. The van der Waals surface area contributed by atoms with Crippen LogP contribution < -0.4 is 0 Å². The molecule has 11 aromatic rings. The lowest BCUT2D eigenvalue weighted by molar-refractivity contribution is 0.866. The zero-order valence-electron chi connectivity index (χ0n) is 35.1. The summed E-state index contributed by atoms with van der Waals surface area (Å²) in [7, 11) is 0. The third-order valence-electron chi connectivity index (χ3n) is 13.5. The Morgan fingerprint density at radius 3 is 0.984 bits per heavy atom. The van der Waals surface area contributed by atoms with Crippen molar-refractivity contribution in [2.45, 2.75) is 39.5 Å². The number of benzene rings is 8. The fourth-order valence-electron chi connectivity index (χ4n) is 10.6. The van der Waals surface area contributed by atoms with E-state index in [2.05, 4.69) is 195 Å². The van der Waals surface area contributed by atoms with Crippen LogP contribution >= 0.6 is 0 Å². The Morgan fingerprint density at radius 1 is 0.339 bits per heavy atom. The largest absolute Gasteiger partial charge is 0.354 e. The first-order chi connectivity index (χ1) is 30.3. The van der Waals surface area contributed by atoms with Crippen LogP contribution in [0.4, 0.5) is 0 Å². The topological polar surface area (TPSA) is 57.4 Å². The molecular weight excluding hydrogens is 753 g/mol. The van der Waals surface area contributed by atoms with Crippen LogP contribution in [0.15, 0.2) is 158 Å². The number of hydrogen-bond acceptors (Lipinski definition) is 2. The molecule has 0 saturated carbocycles. The molecule has 0 radical (unpaired) electrons. The summed E-state index contributed by atoms with van der Waals surface area (Å²) in [5, 5.41) is 14.4. The molecule has 8 bridgehead atoms. The summed E-state index contributed by atoms with van der Waals surface area (Å²) in [4.78, 5) is 19.6. The van der Waals surface area contributed by atoms with Gasteiger partial charge in [0.15, 0.2) is 0 Å². The highest BCUT2D eigenvalue weighted by Gasteiger charge is 2.28. The molecule has 0 atom stereocenters. The zero-order chi connectivity index (χ0) is 41.4. The number of aromatic nitrogens is 4. The van der Waals surface area contributed by atoms with Crippen LogP contribution in [0.2, 0.25) is 0 Å². The van der Waals surface area contributed by atoms with Crippen molar-refractivity contribution in [3.05, 3.63) is 169 Å². The standard InChI is InChI=1S/C58H42N4/c1-31(2)53-55-45-25-37-17-9-7-15-35(37)23-43(45)51(60-55)29-49-41-21-33-13-5-6-14-34(33)22-42(41)50(59-49)30-52-44-24-36-16-8-10-18-38(36)26-46(44)56(61-52)54(32(3)4)58-48-28-40-20-12-11-19-39(40)27-47(48)57(53)62-58/h5-32,60-61H,1-4H3. The Hall–Kier alpha value is -7.56. The molecule has 0 saturated heterocycles. The molecule has 0 aliphatic carbocycles. The minimum atomic E-state index is 0.143. The van der Waals surface area contributed by atoms with E-state index < -0.39 is 0 Å². The molecule has 4 nitrogen and oxygen atoms in total. The van der Waals surface area contributed by atoms with Crippen LogP contribution in [0.3, 0.4) is 0 Å². The summed E-state index contributed by atoms with van der Waals surface area (Å²) in [6.07, 6.45) is 0. The highest BCUT2D eigenvalue weighted by molar-refractivity contribution is 6.17. The molecule has 0 amide bonds. The van der Waals surface area contributed by atoms with Gasteiger partial charge in [0.05, 0.1) is 33.8 Å². The van der Waals surface area contributed by atoms with Crippen molar-refractivity contribution in [2.24, 2.45) is 0 Å². The number of aromatic amines is 2. The smallest absolute Gasteiger partial charge is 0.0772 e. The summed E-state index contributed by atoms with van der Waals surface area (Å²) in [6, 6.07) is 58.2. The van der Waals surface area contributed by atoms with Crippen molar-refractivity contribution in [1.29, 1.82) is 0 Å². The molecule has 0 spiro atoms. The fourth-order valence-corrected chi connectivity index (χ4v) is 10.6. The Kier molecular flexibility index (Phi) is 7.37. The molecule has 62 heavy (non-hydrogen) atoms. The van der Waals surface area contributed by atoms with Gasteiger partial charge in [0.1, 0.15) is 0 Å². The Bertz CT molecular complexity index is 3680. The molecular formula is C58H42N4. The minimum absolute atomic E-state index is 0.143. The van der Waals surface area contributed by atoms with Gasteiger partial charge in [0.2, 0.25) is 0 Å². The molecule has 2 N–H and O–H groups in total. The van der Waals surface area contributed by atoms with E-state index in [1.54, 1.807) is 0 Å². The van der Waals surface area contributed by atoms with E-state index in [1.165, 1.54) is 86.9 Å². The summed E-state index contributed by atoms with van der Waals surface area (Å²) in [5.41, 5.74) is 15.3. The molecule has 3 aromatic heterocycles. The minimum Gasteiger partial charge on any atom is -0.354 e. The monoisotopic (exact) mass is 794 g/mol. The van der Waals surface area contributed by atoms with E-state index >= 15 is 0 Å². The maximum atomic E-state index is 5.89. The van der Waals surface area contributed by atoms with Gasteiger partial charge < -0.3 is 9.97 Å². The lowest BCUT2D eigenvalue weighted by Crippen LogP contribution is -1.94. The van der Waals surface area contributed by atoms with Crippen LogP contribution in [-0.4, -0.2) is 19.9 Å². The lowest BCUT2D eigenvalue weighted by atomic mass is 9.90. The molecule has 0 unspecified atom stereocenters. The molecule has 5 heterocycles. The van der Waals surface area contributed by atoms with Gasteiger partial charge in [-0.3, -0.25) is 0 Å². The van der Waals surface area contributed by atoms with Crippen molar-refractivity contribution >= 4 is 86.7 Å². The Morgan fingerprint density at radius 2 is 0.645 bits per heavy atom. The van der Waals surface area contributed by atoms with E-state index in [4.69, 9.17) is 9.97 Å². The average molecular weight is 795 g/mol. The van der Waals surface area contributed by atoms with Crippen molar-refractivity contribution in [1.82, 2.24) is 19.9 Å². The van der Waals surface area contributed by atoms with Gasteiger partial charge >= 0.3 is 0 Å². The van der Waals surface area contributed by atoms with Crippen LogP contribution in [0.1, 0.15) is 50.7 Å². The van der Waals surface area contributed by atoms with Gasteiger partial charge in [-0.1, -0.05) is 125 Å².